The van der Waals surface area contributed by atoms with E-state index in [-0.39, 0.29) is 11.4 Å². The molecule has 4 rings (SSSR count). The number of rotatable bonds is 7. The predicted octanol–water partition coefficient (Wildman–Crippen LogP) is 3.97. The molecule has 3 aromatic carbocycles. The number of carbonyl (C=O) groups is 1. The molecule has 1 fully saturated rings. The molecular weight excluding hydrogens is 450 g/mol. The van der Waals surface area contributed by atoms with Crippen molar-refractivity contribution in [3.8, 4) is 0 Å². The summed E-state index contributed by atoms with van der Waals surface area (Å²) >= 11 is 0. The minimum absolute atomic E-state index is 0.141. The zero-order chi connectivity index (χ0) is 24.1. The number of nitrogens with zero attached hydrogens (tertiary/aromatic N) is 2. The summed E-state index contributed by atoms with van der Waals surface area (Å²) in [7, 11) is -3.94. The number of anilines is 3. The van der Waals surface area contributed by atoms with Crippen molar-refractivity contribution in [3.63, 3.8) is 0 Å². The second-order valence-electron chi connectivity index (χ2n) is 8.36. The van der Waals surface area contributed by atoms with Gasteiger partial charge in [-0.2, -0.15) is 0 Å². The lowest BCUT2D eigenvalue weighted by Crippen LogP contribution is -2.38. The molecule has 1 saturated heterocycles. The normalized spacial score (nSPS) is 14.0. The molecule has 1 aliphatic heterocycles. The minimum atomic E-state index is -3.94. The summed E-state index contributed by atoms with van der Waals surface area (Å²) in [6.07, 6.45) is 0. The van der Waals surface area contributed by atoms with Gasteiger partial charge < -0.3 is 15.0 Å². The lowest BCUT2D eigenvalue weighted by Gasteiger charge is -2.29. The molecule has 7 nitrogen and oxygen atoms in total. The van der Waals surface area contributed by atoms with E-state index in [2.05, 4.69) is 10.2 Å². The Morgan fingerprint density at radius 2 is 1.62 bits per heavy atom. The Kier molecular flexibility index (Phi) is 7.19. The first-order valence-corrected chi connectivity index (χ1v) is 12.7. The van der Waals surface area contributed by atoms with Crippen LogP contribution in [0.15, 0.2) is 77.7 Å². The lowest BCUT2D eigenvalue weighted by atomic mass is 10.2. The van der Waals surface area contributed by atoms with Crippen LogP contribution in [0, 0.1) is 13.8 Å². The van der Waals surface area contributed by atoms with Crippen molar-refractivity contribution in [2.45, 2.75) is 18.7 Å². The van der Waals surface area contributed by atoms with Crippen LogP contribution in [0.5, 0.6) is 0 Å². The first kappa shape index (κ1) is 23.8. The molecule has 8 heteroatoms. The Morgan fingerprint density at radius 3 is 2.26 bits per heavy atom. The standard InChI is InChI=1S/C26H29N3O4S/c1-20-6-12-25(13-7-20)34(31,32)29(24-5-3-4-21(2)18-24)19-26(30)27-22-8-10-23(11-9-22)28-14-16-33-17-15-28/h3-13,18H,14-17,19H2,1-2H3,(H,27,30). The average Bonchev–Trinajstić information content (AvgIpc) is 2.84. The molecule has 34 heavy (non-hydrogen) atoms. The fourth-order valence-electron chi connectivity index (χ4n) is 3.84. The zero-order valence-corrected chi connectivity index (χ0v) is 20.2. The zero-order valence-electron chi connectivity index (χ0n) is 19.4. The molecule has 0 aliphatic carbocycles. The fraction of sp³-hybridized carbons (Fsp3) is 0.269. The van der Waals surface area contributed by atoms with Gasteiger partial charge in [0.2, 0.25) is 5.91 Å². The quantitative estimate of drug-likeness (QED) is 0.555. The Balaban J connectivity index is 1.54. The van der Waals surface area contributed by atoms with Gasteiger partial charge in [0, 0.05) is 24.5 Å². The number of aryl methyl sites for hydroxylation is 2. The number of hydrogen-bond donors (Lipinski definition) is 1. The molecule has 3 aromatic rings. The molecule has 1 N–H and O–H groups in total. The highest BCUT2D eigenvalue weighted by atomic mass is 32.2. The highest BCUT2D eigenvalue weighted by molar-refractivity contribution is 7.92. The van der Waals surface area contributed by atoms with Crippen LogP contribution in [-0.2, 0) is 19.6 Å². The largest absolute Gasteiger partial charge is 0.378 e. The summed E-state index contributed by atoms with van der Waals surface area (Å²) in [5.74, 6) is -0.420. The van der Waals surface area contributed by atoms with E-state index < -0.39 is 15.9 Å². The molecule has 1 amide bonds. The maximum Gasteiger partial charge on any atom is 0.264 e. The van der Waals surface area contributed by atoms with Gasteiger partial charge in [-0.1, -0.05) is 29.8 Å². The molecular formula is C26H29N3O4S. The third-order valence-corrected chi connectivity index (χ3v) is 7.50. The SMILES string of the molecule is Cc1ccc(S(=O)(=O)N(CC(=O)Nc2ccc(N3CCOCC3)cc2)c2cccc(C)c2)cc1. The lowest BCUT2D eigenvalue weighted by molar-refractivity contribution is -0.114. The minimum Gasteiger partial charge on any atom is -0.378 e. The number of morpholine rings is 1. The summed E-state index contributed by atoms with van der Waals surface area (Å²) < 4.78 is 33.5. The monoisotopic (exact) mass is 479 g/mol. The topological polar surface area (TPSA) is 79.0 Å². The molecule has 0 radical (unpaired) electrons. The van der Waals surface area contributed by atoms with Crippen molar-refractivity contribution >= 4 is 33.0 Å². The van der Waals surface area contributed by atoms with E-state index >= 15 is 0 Å². The van der Waals surface area contributed by atoms with Crippen LogP contribution in [-0.4, -0.2) is 47.2 Å². The van der Waals surface area contributed by atoms with Gasteiger partial charge in [-0.3, -0.25) is 9.10 Å². The molecule has 0 unspecified atom stereocenters. The van der Waals surface area contributed by atoms with E-state index in [9.17, 15) is 13.2 Å². The van der Waals surface area contributed by atoms with Gasteiger partial charge in [0.15, 0.2) is 0 Å². The van der Waals surface area contributed by atoms with Crippen molar-refractivity contribution in [3.05, 3.63) is 83.9 Å². The van der Waals surface area contributed by atoms with E-state index in [1.165, 1.54) is 0 Å². The molecule has 0 saturated carbocycles. The smallest absolute Gasteiger partial charge is 0.264 e. The number of carbonyl (C=O) groups excluding carboxylic acids is 1. The van der Waals surface area contributed by atoms with E-state index in [1.807, 2.05) is 44.2 Å². The van der Waals surface area contributed by atoms with Crippen LogP contribution in [0.2, 0.25) is 0 Å². The number of sulfonamides is 1. The number of ether oxygens (including phenoxy) is 1. The van der Waals surface area contributed by atoms with Gasteiger partial charge in [0.1, 0.15) is 6.54 Å². The molecule has 1 aliphatic rings. The van der Waals surface area contributed by atoms with Gasteiger partial charge in [-0.05, 0) is 67.9 Å². The number of benzene rings is 3. The van der Waals surface area contributed by atoms with Crippen molar-refractivity contribution in [1.29, 1.82) is 0 Å². The van der Waals surface area contributed by atoms with Crippen LogP contribution in [0.4, 0.5) is 17.1 Å². The molecule has 0 aromatic heterocycles. The first-order chi connectivity index (χ1) is 16.3. The van der Waals surface area contributed by atoms with E-state index in [1.54, 1.807) is 42.5 Å². The van der Waals surface area contributed by atoms with Gasteiger partial charge in [0.05, 0.1) is 23.8 Å². The predicted molar refractivity (Wildman–Crippen MR) is 135 cm³/mol. The highest BCUT2D eigenvalue weighted by Gasteiger charge is 2.27. The Hall–Kier alpha value is -3.36. The van der Waals surface area contributed by atoms with Gasteiger partial charge in [-0.25, -0.2) is 8.42 Å². The van der Waals surface area contributed by atoms with E-state index in [0.717, 1.165) is 34.2 Å². The van der Waals surface area contributed by atoms with Crippen LogP contribution in [0.1, 0.15) is 11.1 Å². The summed E-state index contributed by atoms with van der Waals surface area (Å²) in [4.78, 5) is 15.3. The second kappa shape index (κ2) is 10.3. The van der Waals surface area contributed by atoms with Gasteiger partial charge in [-0.15, -0.1) is 0 Å². The molecule has 0 atom stereocenters. The van der Waals surface area contributed by atoms with Crippen molar-refractivity contribution < 1.29 is 17.9 Å². The Bertz CT molecular complexity index is 1240. The number of hydrogen-bond acceptors (Lipinski definition) is 5. The van der Waals surface area contributed by atoms with Gasteiger partial charge >= 0.3 is 0 Å². The Morgan fingerprint density at radius 1 is 0.941 bits per heavy atom. The summed E-state index contributed by atoms with van der Waals surface area (Å²) in [6, 6.07) is 21.3. The highest BCUT2D eigenvalue weighted by Crippen LogP contribution is 2.25. The van der Waals surface area contributed by atoms with E-state index in [4.69, 9.17) is 4.74 Å². The third kappa shape index (κ3) is 5.58. The van der Waals surface area contributed by atoms with Crippen molar-refractivity contribution in [2.75, 3.05) is 47.4 Å². The summed E-state index contributed by atoms with van der Waals surface area (Å²) in [6.45, 7) is 6.49. The van der Waals surface area contributed by atoms with Crippen LogP contribution >= 0.6 is 0 Å². The first-order valence-electron chi connectivity index (χ1n) is 11.2. The second-order valence-corrected chi connectivity index (χ2v) is 10.2. The summed E-state index contributed by atoms with van der Waals surface area (Å²) in [5, 5.41) is 2.83. The number of nitrogens with one attached hydrogen (secondary N) is 1. The van der Waals surface area contributed by atoms with Crippen molar-refractivity contribution in [2.24, 2.45) is 0 Å². The molecule has 1 heterocycles. The maximum atomic E-state index is 13.5. The molecule has 178 valence electrons. The maximum absolute atomic E-state index is 13.5. The average molecular weight is 480 g/mol. The summed E-state index contributed by atoms with van der Waals surface area (Å²) in [5.41, 5.74) is 3.97. The van der Waals surface area contributed by atoms with E-state index in [0.29, 0.717) is 24.6 Å². The third-order valence-electron chi connectivity index (χ3n) is 5.71. The molecule has 0 bridgehead atoms. The van der Waals surface area contributed by atoms with Crippen molar-refractivity contribution in [1.82, 2.24) is 0 Å². The van der Waals surface area contributed by atoms with Crippen LogP contribution in [0.3, 0.4) is 0 Å². The number of amides is 1. The Labute approximate surface area is 201 Å². The fourth-order valence-corrected chi connectivity index (χ4v) is 5.26. The molecule has 0 spiro atoms. The van der Waals surface area contributed by atoms with Gasteiger partial charge in [0.25, 0.3) is 10.0 Å². The van der Waals surface area contributed by atoms with Crippen LogP contribution in [0.25, 0.3) is 0 Å². The van der Waals surface area contributed by atoms with Crippen LogP contribution < -0.4 is 14.5 Å².